The molecule has 1 aliphatic heterocycles. The van der Waals surface area contributed by atoms with Crippen molar-refractivity contribution in [2.45, 2.75) is 0 Å². The molecule has 4 rings (SSSR count). The Bertz CT molecular complexity index is 1160. The van der Waals surface area contributed by atoms with E-state index in [1.807, 2.05) is 34.5 Å². The molecule has 0 atom stereocenters. The standard InChI is InChI=1S/C21H20N6O4/c28-20(29)24-19(25-21(30)31)27-11-9-26(10-12-27)18-22-8-7-17(23-18)16-6-5-14-3-1-2-4-15(14)13-16/h1-8,13H,9-12H2,(H,24,25)(H,28,29)(H,30,31). The Kier molecular flexibility index (Phi) is 5.61. The van der Waals surface area contributed by atoms with Gasteiger partial charge < -0.3 is 20.0 Å². The van der Waals surface area contributed by atoms with Crippen molar-refractivity contribution in [2.75, 3.05) is 31.1 Å². The molecule has 0 aliphatic carbocycles. The van der Waals surface area contributed by atoms with Gasteiger partial charge in [-0.2, -0.15) is 0 Å². The van der Waals surface area contributed by atoms with Gasteiger partial charge in [0.2, 0.25) is 11.9 Å². The maximum absolute atomic E-state index is 10.9. The van der Waals surface area contributed by atoms with Crippen LogP contribution in [0.3, 0.4) is 0 Å². The maximum Gasteiger partial charge on any atom is 0.434 e. The van der Waals surface area contributed by atoms with Crippen LogP contribution in [0.5, 0.6) is 0 Å². The molecular formula is C21H20N6O4. The summed E-state index contributed by atoms with van der Waals surface area (Å²) >= 11 is 0. The Morgan fingerprint density at radius 3 is 2.42 bits per heavy atom. The van der Waals surface area contributed by atoms with Gasteiger partial charge in [0, 0.05) is 37.9 Å². The molecule has 1 saturated heterocycles. The Morgan fingerprint density at radius 1 is 0.968 bits per heavy atom. The van der Waals surface area contributed by atoms with Crippen LogP contribution in [0.25, 0.3) is 22.0 Å². The van der Waals surface area contributed by atoms with E-state index in [1.165, 1.54) is 0 Å². The minimum Gasteiger partial charge on any atom is -0.465 e. The van der Waals surface area contributed by atoms with Gasteiger partial charge in [0.25, 0.3) is 0 Å². The third-order valence-electron chi connectivity index (χ3n) is 4.97. The molecule has 1 aliphatic rings. The molecule has 158 valence electrons. The molecule has 2 amide bonds. The van der Waals surface area contributed by atoms with Gasteiger partial charge in [0.15, 0.2) is 0 Å². The number of benzene rings is 2. The summed E-state index contributed by atoms with van der Waals surface area (Å²) in [5.41, 5.74) is 1.79. The normalized spacial score (nSPS) is 14.5. The van der Waals surface area contributed by atoms with Crippen LogP contribution in [0.4, 0.5) is 15.5 Å². The fourth-order valence-electron chi connectivity index (χ4n) is 3.49. The Balaban J connectivity index is 1.50. The first-order valence-electron chi connectivity index (χ1n) is 9.63. The molecule has 0 radical (unpaired) electrons. The quantitative estimate of drug-likeness (QED) is 0.426. The highest BCUT2D eigenvalue weighted by Gasteiger charge is 2.23. The molecule has 10 heteroatoms. The second-order valence-electron chi connectivity index (χ2n) is 6.93. The Labute approximate surface area is 177 Å². The molecular weight excluding hydrogens is 400 g/mol. The predicted octanol–water partition coefficient (Wildman–Crippen LogP) is 2.72. The number of piperazine rings is 1. The minimum atomic E-state index is -1.46. The first kappa shape index (κ1) is 20.1. The Morgan fingerprint density at radius 2 is 1.71 bits per heavy atom. The molecule has 2 aromatic carbocycles. The van der Waals surface area contributed by atoms with Crippen molar-refractivity contribution in [1.29, 1.82) is 0 Å². The van der Waals surface area contributed by atoms with Crippen LogP contribution >= 0.6 is 0 Å². The number of aromatic nitrogens is 2. The summed E-state index contributed by atoms with van der Waals surface area (Å²) in [5.74, 6) is 0.360. The molecule has 0 unspecified atom stereocenters. The molecule has 3 N–H and O–H groups in total. The SMILES string of the molecule is O=C(O)N=C(NC(=O)O)N1CCN(c2nccc(-c3ccc4ccccc4c3)n2)CC1. The number of hydrogen-bond acceptors (Lipinski definition) is 5. The van der Waals surface area contributed by atoms with Gasteiger partial charge in [-0.05, 0) is 22.9 Å². The van der Waals surface area contributed by atoms with Gasteiger partial charge >= 0.3 is 12.2 Å². The van der Waals surface area contributed by atoms with Gasteiger partial charge in [0.05, 0.1) is 5.69 Å². The van der Waals surface area contributed by atoms with Crippen molar-refractivity contribution in [2.24, 2.45) is 4.99 Å². The molecule has 3 aromatic rings. The number of carbonyl (C=O) groups is 2. The Hall–Kier alpha value is -4.21. The highest BCUT2D eigenvalue weighted by molar-refractivity contribution is 5.98. The molecule has 2 heterocycles. The summed E-state index contributed by atoms with van der Waals surface area (Å²) in [5, 5.41) is 22.1. The van der Waals surface area contributed by atoms with Gasteiger partial charge in [-0.3, -0.25) is 5.32 Å². The van der Waals surface area contributed by atoms with E-state index in [0.29, 0.717) is 32.1 Å². The van der Waals surface area contributed by atoms with E-state index in [4.69, 9.17) is 15.2 Å². The molecule has 1 aromatic heterocycles. The van der Waals surface area contributed by atoms with E-state index in [2.05, 4.69) is 34.2 Å². The second-order valence-corrected chi connectivity index (χ2v) is 6.93. The lowest BCUT2D eigenvalue weighted by Crippen LogP contribution is -2.54. The first-order chi connectivity index (χ1) is 15.0. The number of rotatable bonds is 2. The highest BCUT2D eigenvalue weighted by atomic mass is 16.4. The molecule has 0 bridgehead atoms. The van der Waals surface area contributed by atoms with Crippen LogP contribution in [-0.2, 0) is 0 Å². The number of carboxylic acid groups (broad SMARTS) is 2. The number of anilines is 1. The molecule has 1 fully saturated rings. The fraction of sp³-hybridized carbons (Fsp3) is 0.190. The molecule has 10 nitrogen and oxygen atoms in total. The number of nitrogens with one attached hydrogen (secondary N) is 1. The number of guanidine groups is 1. The van der Waals surface area contributed by atoms with Crippen molar-refractivity contribution >= 4 is 34.9 Å². The van der Waals surface area contributed by atoms with Crippen molar-refractivity contribution in [3.05, 3.63) is 54.7 Å². The molecule has 0 spiro atoms. The summed E-state index contributed by atoms with van der Waals surface area (Å²) in [6, 6.07) is 16.2. The highest BCUT2D eigenvalue weighted by Crippen LogP contribution is 2.24. The number of nitrogens with zero attached hydrogens (tertiary/aromatic N) is 5. The fourth-order valence-corrected chi connectivity index (χ4v) is 3.49. The average molecular weight is 420 g/mol. The number of aliphatic imine (C=N–C) groups is 1. The lowest BCUT2D eigenvalue weighted by molar-refractivity contribution is 0.197. The third-order valence-corrected chi connectivity index (χ3v) is 4.97. The molecule has 31 heavy (non-hydrogen) atoms. The third kappa shape index (κ3) is 4.69. The van der Waals surface area contributed by atoms with Crippen LogP contribution in [-0.4, -0.2) is 69.4 Å². The van der Waals surface area contributed by atoms with Crippen LogP contribution in [0.15, 0.2) is 59.7 Å². The number of fused-ring (bicyclic) bond motifs is 1. The van der Waals surface area contributed by atoms with E-state index >= 15 is 0 Å². The van der Waals surface area contributed by atoms with Crippen LogP contribution in [0, 0.1) is 0 Å². The predicted molar refractivity (Wildman–Crippen MR) is 115 cm³/mol. The largest absolute Gasteiger partial charge is 0.465 e. The lowest BCUT2D eigenvalue weighted by Gasteiger charge is -2.35. The molecule has 0 saturated carbocycles. The van der Waals surface area contributed by atoms with E-state index in [9.17, 15) is 9.59 Å². The first-order valence-corrected chi connectivity index (χ1v) is 9.63. The monoisotopic (exact) mass is 420 g/mol. The van der Waals surface area contributed by atoms with E-state index in [-0.39, 0.29) is 5.96 Å². The zero-order valence-corrected chi connectivity index (χ0v) is 16.5. The van der Waals surface area contributed by atoms with Crippen molar-refractivity contribution in [3.63, 3.8) is 0 Å². The summed E-state index contributed by atoms with van der Waals surface area (Å²) in [7, 11) is 0. The van der Waals surface area contributed by atoms with Gasteiger partial charge in [-0.15, -0.1) is 4.99 Å². The zero-order valence-electron chi connectivity index (χ0n) is 16.5. The topological polar surface area (TPSA) is 131 Å². The van der Waals surface area contributed by atoms with Crippen molar-refractivity contribution in [1.82, 2.24) is 20.2 Å². The summed E-state index contributed by atoms with van der Waals surface area (Å²) < 4.78 is 0. The number of amides is 2. The zero-order chi connectivity index (χ0) is 21.8. The second kappa shape index (κ2) is 8.66. The average Bonchev–Trinajstić information content (AvgIpc) is 2.78. The summed E-state index contributed by atoms with van der Waals surface area (Å²) in [6.45, 7) is 1.72. The van der Waals surface area contributed by atoms with Gasteiger partial charge in [-0.25, -0.2) is 19.6 Å². The van der Waals surface area contributed by atoms with Crippen LogP contribution in [0.2, 0.25) is 0 Å². The van der Waals surface area contributed by atoms with Crippen molar-refractivity contribution < 1.29 is 19.8 Å². The van der Waals surface area contributed by atoms with E-state index < -0.39 is 12.2 Å². The lowest BCUT2D eigenvalue weighted by atomic mass is 10.1. The van der Waals surface area contributed by atoms with Crippen LogP contribution in [0.1, 0.15) is 0 Å². The van der Waals surface area contributed by atoms with E-state index in [1.54, 1.807) is 11.1 Å². The maximum atomic E-state index is 10.9. The number of hydrogen-bond donors (Lipinski definition) is 3. The van der Waals surface area contributed by atoms with E-state index in [0.717, 1.165) is 22.0 Å². The van der Waals surface area contributed by atoms with Crippen molar-refractivity contribution in [3.8, 4) is 11.3 Å². The smallest absolute Gasteiger partial charge is 0.434 e. The van der Waals surface area contributed by atoms with Gasteiger partial charge in [0.1, 0.15) is 0 Å². The van der Waals surface area contributed by atoms with Gasteiger partial charge in [-0.1, -0.05) is 36.4 Å². The van der Waals surface area contributed by atoms with Crippen LogP contribution < -0.4 is 10.2 Å². The summed E-state index contributed by atoms with van der Waals surface area (Å²) in [4.78, 5) is 37.8. The minimum absolute atomic E-state index is 0.203. The summed E-state index contributed by atoms with van der Waals surface area (Å²) in [6.07, 6.45) is -1.12.